The van der Waals surface area contributed by atoms with Crippen molar-refractivity contribution in [3.8, 4) is 0 Å². The first-order valence-corrected chi connectivity index (χ1v) is 21.6. The van der Waals surface area contributed by atoms with Crippen LogP contribution < -0.4 is 0 Å². The van der Waals surface area contributed by atoms with Gasteiger partial charge in [-0.25, -0.2) is 14.4 Å². The first-order chi connectivity index (χ1) is 27.8. The number of hydrogen-bond donors (Lipinski definition) is 1. The molecule has 0 amide bonds. The fourth-order valence-corrected chi connectivity index (χ4v) is 12.5. The number of hydrogen-bond acceptors (Lipinski definition) is 8. The molecule has 7 rings (SSSR count). The van der Waals surface area contributed by atoms with Crippen LogP contribution in [0.1, 0.15) is 138 Å². The summed E-state index contributed by atoms with van der Waals surface area (Å²) in [5.74, 6) is -1.17. The van der Waals surface area contributed by atoms with E-state index in [2.05, 4.69) is 41.5 Å². The lowest BCUT2D eigenvalue weighted by molar-refractivity contribution is -0.208. The fraction of sp³-hybridized carbons (Fsp3) is 0.529. The van der Waals surface area contributed by atoms with Crippen LogP contribution in [0.4, 0.5) is 0 Å². The van der Waals surface area contributed by atoms with E-state index in [0.717, 1.165) is 32.1 Å². The SMILES string of the molecule is C[C@H](C[C@H](OC(=O)c1ccccc1)[C@@H](OC(=O)c1ccccc1)C(C)(C)O)C1=C2C[C@H](OC(=O)c3ccccc3)[C@H]3[C@@]4(C)CCC(=O)C(C)(C)[C@@H]4CC[C@]3(C)[C@@]2(C)CC1. The molecule has 3 aromatic carbocycles. The molecule has 0 aromatic heterocycles. The lowest BCUT2D eigenvalue weighted by Gasteiger charge is -2.69. The van der Waals surface area contributed by atoms with Crippen molar-refractivity contribution in [2.75, 3.05) is 0 Å². The zero-order valence-electron chi connectivity index (χ0n) is 36.1. The van der Waals surface area contributed by atoms with Crippen LogP contribution in [0, 0.1) is 39.4 Å². The summed E-state index contributed by atoms with van der Waals surface area (Å²) >= 11 is 0. The van der Waals surface area contributed by atoms with Gasteiger partial charge in [-0.3, -0.25) is 4.79 Å². The van der Waals surface area contributed by atoms with Crippen LogP contribution in [0.3, 0.4) is 0 Å². The van der Waals surface area contributed by atoms with Gasteiger partial charge in [0.15, 0.2) is 6.10 Å². The Morgan fingerprint density at radius 1 is 0.746 bits per heavy atom. The Bertz CT molecular complexity index is 2080. The maximum atomic E-state index is 14.0. The van der Waals surface area contributed by atoms with Gasteiger partial charge in [0.05, 0.1) is 22.3 Å². The van der Waals surface area contributed by atoms with Gasteiger partial charge in [0.2, 0.25) is 0 Å². The van der Waals surface area contributed by atoms with E-state index in [1.54, 1.807) is 74.5 Å². The number of carbonyl (C=O) groups excluding carboxylic acids is 4. The molecule has 314 valence electrons. The Morgan fingerprint density at radius 3 is 1.81 bits per heavy atom. The minimum absolute atomic E-state index is 0.0220. The molecular weight excluding hydrogens is 741 g/mol. The molecular formula is C51H62O8. The zero-order chi connectivity index (χ0) is 42.5. The molecule has 4 aliphatic carbocycles. The third kappa shape index (κ3) is 7.60. The number of ketones is 1. The predicted molar refractivity (Wildman–Crippen MR) is 226 cm³/mol. The summed E-state index contributed by atoms with van der Waals surface area (Å²) in [6.07, 6.45) is 3.10. The number of Topliss-reactive ketones (excluding diaryl/α,β-unsaturated/α-hetero) is 1. The Kier molecular flexibility index (Phi) is 11.4. The number of ether oxygens (including phenoxy) is 3. The summed E-state index contributed by atoms with van der Waals surface area (Å²) in [7, 11) is 0. The minimum atomic E-state index is -1.57. The van der Waals surface area contributed by atoms with Gasteiger partial charge in [0.25, 0.3) is 0 Å². The van der Waals surface area contributed by atoms with Gasteiger partial charge in [0.1, 0.15) is 18.0 Å². The molecule has 8 nitrogen and oxygen atoms in total. The van der Waals surface area contributed by atoms with E-state index in [1.807, 2.05) is 30.3 Å². The van der Waals surface area contributed by atoms with E-state index in [4.69, 9.17) is 14.2 Å². The van der Waals surface area contributed by atoms with Crippen LogP contribution in [-0.2, 0) is 19.0 Å². The summed E-state index contributed by atoms with van der Waals surface area (Å²) < 4.78 is 19.1. The molecule has 8 heteroatoms. The van der Waals surface area contributed by atoms with Crippen molar-refractivity contribution in [1.82, 2.24) is 0 Å². The molecule has 0 unspecified atom stereocenters. The van der Waals surface area contributed by atoms with E-state index in [0.29, 0.717) is 35.3 Å². The highest BCUT2D eigenvalue weighted by molar-refractivity contribution is 5.91. The molecule has 1 N–H and O–H groups in total. The Hall–Kier alpha value is -4.56. The zero-order valence-corrected chi connectivity index (χ0v) is 36.1. The highest BCUT2D eigenvalue weighted by Gasteiger charge is 2.70. The van der Waals surface area contributed by atoms with Crippen LogP contribution >= 0.6 is 0 Å². The van der Waals surface area contributed by atoms with Crippen LogP contribution in [-0.4, -0.2) is 52.7 Å². The van der Waals surface area contributed by atoms with Crippen molar-refractivity contribution < 1.29 is 38.5 Å². The molecule has 0 heterocycles. The topological polar surface area (TPSA) is 116 Å². The van der Waals surface area contributed by atoms with Crippen LogP contribution in [0.25, 0.3) is 0 Å². The average Bonchev–Trinajstić information content (AvgIpc) is 3.56. The van der Waals surface area contributed by atoms with Crippen LogP contribution in [0.5, 0.6) is 0 Å². The van der Waals surface area contributed by atoms with Crippen molar-refractivity contribution in [2.45, 2.75) is 131 Å². The number of esters is 3. The molecule has 3 aromatic rings. The summed E-state index contributed by atoms with van der Waals surface area (Å²) in [6.45, 7) is 16.7. The molecule has 59 heavy (non-hydrogen) atoms. The predicted octanol–water partition coefficient (Wildman–Crippen LogP) is 10.4. The summed E-state index contributed by atoms with van der Waals surface area (Å²) in [5, 5.41) is 11.6. The first-order valence-electron chi connectivity index (χ1n) is 21.6. The normalized spacial score (nSPS) is 30.2. The molecule has 0 saturated heterocycles. The summed E-state index contributed by atoms with van der Waals surface area (Å²) in [6, 6.07) is 26.5. The van der Waals surface area contributed by atoms with Gasteiger partial charge in [-0.2, -0.15) is 0 Å². The van der Waals surface area contributed by atoms with Gasteiger partial charge in [0, 0.05) is 24.2 Å². The van der Waals surface area contributed by atoms with E-state index in [1.165, 1.54) is 11.1 Å². The molecule has 0 radical (unpaired) electrons. The molecule has 3 saturated carbocycles. The summed E-state index contributed by atoms with van der Waals surface area (Å²) in [5.41, 5.74) is 0.994. The molecule has 0 aliphatic heterocycles. The number of rotatable bonds is 11. The summed E-state index contributed by atoms with van der Waals surface area (Å²) in [4.78, 5) is 54.9. The number of carbonyl (C=O) groups is 4. The quantitative estimate of drug-likeness (QED) is 0.116. The number of aliphatic hydroxyl groups is 1. The van der Waals surface area contributed by atoms with E-state index >= 15 is 0 Å². The lowest BCUT2D eigenvalue weighted by Crippen LogP contribution is -2.66. The minimum Gasteiger partial charge on any atom is -0.458 e. The highest BCUT2D eigenvalue weighted by Crippen LogP contribution is 2.74. The molecule has 3 fully saturated rings. The Morgan fingerprint density at radius 2 is 1.27 bits per heavy atom. The maximum Gasteiger partial charge on any atom is 0.338 e. The highest BCUT2D eigenvalue weighted by atomic mass is 16.6. The van der Waals surface area contributed by atoms with Gasteiger partial charge < -0.3 is 19.3 Å². The third-order valence-corrected chi connectivity index (χ3v) is 15.6. The fourth-order valence-electron chi connectivity index (χ4n) is 12.5. The average molecular weight is 803 g/mol. The van der Waals surface area contributed by atoms with Crippen molar-refractivity contribution in [2.24, 2.45) is 39.4 Å². The van der Waals surface area contributed by atoms with Gasteiger partial charge >= 0.3 is 17.9 Å². The van der Waals surface area contributed by atoms with E-state index in [-0.39, 0.29) is 46.4 Å². The largest absolute Gasteiger partial charge is 0.458 e. The molecule has 0 spiro atoms. The van der Waals surface area contributed by atoms with Crippen LogP contribution in [0.2, 0.25) is 0 Å². The lowest BCUT2D eigenvalue weighted by atomic mass is 9.36. The van der Waals surface area contributed by atoms with E-state index < -0.39 is 41.3 Å². The van der Waals surface area contributed by atoms with Crippen molar-refractivity contribution in [3.05, 3.63) is 119 Å². The van der Waals surface area contributed by atoms with Gasteiger partial charge in [-0.15, -0.1) is 0 Å². The third-order valence-electron chi connectivity index (χ3n) is 15.6. The maximum absolute atomic E-state index is 14.0. The second-order valence-electron chi connectivity index (χ2n) is 19.8. The standard InChI is InChI=1S/C51H62O8/c1-32(30-39(58-45(54)34-20-14-10-15-21-34)43(48(4,5)56)59-46(55)35-22-16-11-17-23-35)36-24-28-50(7)37(36)31-38(57-44(53)33-18-12-9-13-19-33)42-49(6)27-26-41(52)47(2,3)40(49)25-29-51(42,50)8/h9-23,32,38-40,42-43,56H,24-31H2,1-8H3/t32-,38+,39+,40+,42+,43-,49+,50+,51+/m1/s1. The van der Waals surface area contributed by atoms with Crippen LogP contribution in [0.15, 0.2) is 102 Å². The van der Waals surface area contributed by atoms with Crippen molar-refractivity contribution >= 4 is 23.7 Å². The Balaban J connectivity index is 1.28. The van der Waals surface area contributed by atoms with E-state index in [9.17, 15) is 24.3 Å². The number of fused-ring (bicyclic) bond motifs is 5. The van der Waals surface area contributed by atoms with Crippen molar-refractivity contribution in [1.29, 1.82) is 0 Å². The Labute approximate surface area is 350 Å². The second kappa shape index (κ2) is 15.8. The van der Waals surface area contributed by atoms with Gasteiger partial charge in [-0.1, -0.05) is 107 Å². The molecule has 9 atom stereocenters. The van der Waals surface area contributed by atoms with Gasteiger partial charge in [-0.05, 0) is 117 Å². The number of benzene rings is 3. The smallest absolute Gasteiger partial charge is 0.338 e. The second-order valence-corrected chi connectivity index (χ2v) is 19.8. The number of allylic oxidation sites excluding steroid dienone is 1. The molecule has 4 aliphatic rings. The molecule has 0 bridgehead atoms. The first kappa shape index (κ1) is 42.6. The monoisotopic (exact) mass is 802 g/mol. The van der Waals surface area contributed by atoms with Crippen molar-refractivity contribution in [3.63, 3.8) is 0 Å².